The molecule has 5 atom stereocenters. The Morgan fingerprint density at radius 1 is 0.966 bits per heavy atom. The van der Waals surface area contributed by atoms with Gasteiger partial charge in [-0.3, -0.25) is 18.8 Å². The van der Waals surface area contributed by atoms with Crippen LogP contribution in [-0.2, 0) is 28.9 Å². The van der Waals surface area contributed by atoms with Crippen LogP contribution >= 0.6 is 18.1 Å². The first kappa shape index (κ1) is 41.1. The van der Waals surface area contributed by atoms with Crippen molar-refractivity contribution in [3.05, 3.63) is 150 Å². The normalized spacial score (nSPS) is 20.6. The van der Waals surface area contributed by atoms with Gasteiger partial charge in [0.05, 0.1) is 43.7 Å². The number of hydrogen-bond acceptors (Lipinski definition) is 11. The third-order valence-electron chi connectivity index (χ3n) is 9.99. The van der Waals surface area contributed by atoms with Crippen LogP contribution in [0.15, 0.2) is 128 Å². The number of halogens is 1. The number of hydrogen-bond donors (Lipinski definition) is 3. The number of imidazole rings is 1. The minimum atomic E-state index is -3.66. The Morgan fingerprint density at radius 2 is 1.55 bits per heavy atom. The maximum Gasteiger partial charge on any atom is 0.362 e. The Balaban J connectivity index is 1.28. The number of anilines is 1. The van der Waals surface area contributed by atoms with Gasteiger partial charge in [0.25, 0.3) is 5.91 Å². The molecule has 1 saturated heterocycles. The average Bonchev–Trinajstić information content (AvgIpc) is 3.68. The Labute approximate surface area is 342 Å². The van der Waals surface area contributed by atoms with E-state index in [2.05, 4.69) is 63.3 Å². The van der Waals surface area contributed by atoms with E-state index in [1.807, 2.05) is 77.4 Å². The number of morpholine rings is 1. The summed E-state index contributed by atoms with van der Waals surface area (Å²) in [4.78, 5) is 20.3. The SMILES string of the molecule is CN(C)P(=O)(Cl)OCC1CN(C(c2ccccc2)(c2ccccc2)c2ccccc2)CC(n2cnc3c2NC(NC(=O)COc2ccccc2)NC3OCCC#N)O1. The van der Waals surface area contributed by atoms with Gasteiger partial charge in [0.1, 0.15) is 23.5 Å². The van der Waals surface area contributed by atoms with Crippen LogP contribution in [0.25, 0.3) is 0 Å². The van der Waals surface area contributed by atoms with E-state index in [0.29, 0.717) is 30.4 Å². The predicted molar refractivity (Wildman–Crippen MR) is 220 cm³/mol. The molecule has 1 aromatic heterocycles. The highest BCUT2D eigenvalue weighted by Gasteiger charge is 2.47. The largest absolute Gasteiger partial charge is 0.484 e. The predicted octanol–water partition coefficient (Wildman–Crippen LogP) is 6.42. The van der Waals surface area contributed by atoms with Gasteiger partial charge < -0.3 is 29.4 Å². The van der Waals surface area contributed by atoms with Crippen molar-refractivity contribution in [2.45, 2.75) is 36.8 Å². The lowest BCUT2D eigenvalue weighted by molar-refractivity contribution is -0.146. The quantitative estimate of drug-likeness (QED) is 0.0571. The fourth-order valence-electron chi connectivity index (χ4n) is 7.35. The van der Waals surface area contributed by atoms with Gasteiger partial charge in [-0.15, -0.1) is 0 Å². The van der Waals surface area contributed by atoms with Crippen molar-refractivity contribution in [1.82, 2.24) is 29.8 Å². The molecule has 302 valence electrons. The summed E-state index contributed by atoms with van der Waals surface area (Å²) in [5.41, 5.74) is 2.78. The maximum atomic E-state index is 13.3. The van der Waals surface area contributed by atoms with Crippen LogP contribution in [0, 0.1) is 11.3 Å². The molecule has 4 aromatic carbocycles. The van der Waals surface area contributed by atoms with Crippen molar-refractivity contribution in [3.63, 3.8) is 0 Å². The zero-order chi connectivity index (χ0) is 40.5. The number of para-hydroxylation sites is 1. The number of nitrogens with one attached hydrogen (secondary N) is 3. The molecule has 3 N–H and O–H groups in total. The Kier molecular flexibility index (Phi) is 13.2. The number of nitrogens with zero attached hydrogens (tertiary/aromatic N) is 5. The summed E-state index contributed by atoms with van der Waals surface area (Å²) < 4.78 is 41.1. The highest BCUT2D eigenvalue weighted by molar-refractivity contribution is 7.83. The van der Waals surface area contributed by atoms with Crippen molar-refractivity contribution in [2.24, 2.45) is 0 Å². The van der Waals surface area contributed by atoms with Crippen LogP contribution in [0.1, 0.15) is 41.3 Å². The number of carbonyl (C=O) groups excluding carboxylic acids is 1. The number of amides is 1. The molecular weight excluding hydrogens is 779 g/mol. The lowest BCUT2D eigenvalue weighted by atomic mass is 9.75. The molecule has 16 heteroatoms. The van der Waals surface area contributed by atoms with Gasteiger partial charge >= 0.3 is 6.87 Å². The molecule has 0 bridgehead atoms. The van der Waals surface area contributed by atoms with Crippen LogP contribution < -0.4 is 20.7 Å². The number of fused-ring (bicyclic) bond motifs is 1. The van der Waals surface area contributed by atoms with E-state index in [-0.39, 0.29) is 32.1 Å². The molecule has 0 spiro atoms. The Hall–Kier alpha value is -5.07. The molecule has 3 heterocycles. The van der Waals surface area contributed by atoms with Crippen molar-refractivity contribution < 1.29 is 28.1 Å². The minimum Gasteiger partial charge on any atom is -0.484 e. The molecule has 0 radical (unpaired) electrons. The maximum absolute atomic E-state index is 13.3. The summed E-state index contributed by atoms with van der Waals surface area (Å²) in [6.45, 7) is -3.12. The molecule has 7 rings (SSSR count). The first-order chi connectivity index (χ1) is 28.2. The van der Waals surface area contributed by atoms with E-state index in [4.69, 9.17) is 35.0 Å². The molecule has 1 fully saturated rings. The molecular formula is C42H46ClN8O6P. The number of rotatable bonds is 16. The second-order valence-electron chi connectivity index (χ2n) is 14.0. The minimum absolute atomic E-state index is 0.0771. The van der Waals surface area contributed by atoms with Gasteiger partial charge in [0, 0.05) is 13.1 Å². The molecule has 5 aromatic rings. The third kappa shape index (κ3) is 9.13. The molecule has 14 nitrogen and oxygen atoms in total. The fourth-order valence-corrected chi connectivity index (χ4v) is 8.10. The van der Waals surface area contributed by atoms with Crippen molar-refractivity contribution in [3.8, 4) is 11.8 Å². The molecule has 0 saturated carbocycles. The second kappa shape index (κ2) is 18.7. The van der Waals surface area contributed by atoms with E-state index >= 15 is 0 Å². The van der Waals surface area contributed by atoms with Crippen LogP contribution in [0.2, 0.25) is 0 Å². The standard InChI is InChI=1S/C42H46ClN8O6P/c1-49(2)58(43,53)56-28-35-26-50(42(31-16-7-3-8-17-31,32-18-9-4-10-19-32)33-20-11-5-12-21-33)27-37(57-35)51-30-45-38-39(51)47-41(48-40(38)54-25-15-24-44)46-36(52)29-55-34-22-13-6-14-23-34/h3-14,16-23,30,35,37,40-41,47-48H,15,25-29H2,1-2H3,(H,46,52). The summed E-state index contributed by atoms with van der Waals surface area (Å²) in [7, 11) is 3.21. The number of nitriles is 1. The second-order valence-corrected chi connectivity index (χ2v) is 17.2. The van der Waals surface area contributed by atoms with E-state index < -0.39 is 37.3 Å². The Bertz CT molecular complexity index is 2100. The van der Waals surface area contributed by atoms with E-state index in [9.17, 15) is 14.6 Å². The van der Waals surface area contributed by atoms with Crippen LogP contribution in [0.5, 0.6) is 5.75 Å². The third-order valence-corrected chi connectivity index (χ3v) is 12.6. The summed E-state index contributed by atoms with van der Waals surface area (Å²) in [6, 6.07) is 42.1. The molecule has 1 amide bonds. The van der Waals surface area contributed by atoms with Gasteiger partial charge in [-0.05, 0) is 54.2 Å². The van der Waals surface area contributed by atoms with Crippen molar-refractivity contribution in [2.75, 3.05) is 52.3 Å². The van der Waals surface area contributed by atoms with Crippen molar-refractivity contribution >= 4 is 29.8 Å². The number of carbonyl (C=O) groups is 1. The van der Waals surface area contributed by atoms with E-state index in [1.54, 1.807) is 32.6 Å². The zero-order valence-electron chi connectivity index (χ0n) is 32.2. The fraction of sp³-hybridized carbons (Fsp3) is 0.310. The lowest BCUT2D eigenvalue weighted by Crippen LogP contribution is -2.58. The molecule has 58 heavy (non-hydrogen) atoms. The summed E-state index contributed by atoms with van der Waals surface area (Å²) in [5, 5.41) is 18.8. The van der Waals surface area contributed by atoms with Crippen LogP contribution in [-0.4, -0.2) is 84.4 Å². The Morgan fingerprint density at radius 3 is 2.12 bits per heavy atom. The molecule has 2 aliphatic rings. The number of benzene rings is 4. The average molecular weight is 825 g/mol. The van der Waals surface area contributed by atoms with E-state index in [0.717, 1.165) is 16.7 Å². The van der Waals surface area contributed by atoms with Gasteiger partial charge in [0.2, 0.25) is 0 Å². The van der Waals surface area contributed by atoms with Crippen molar-refractivity contribution in [1.29, 1.82) is 5.26 Å². The monoisotopic (exact) mass is 824 g/mol. The van der Waals surface area contributed by atoms with E-state index in [1.165, 1.54) is 4.67 Å². The highest BCUT2D eigenvalue weighted by Crippen LogP contribution is 2.54. The number of aromatic nitrogens is 2. The smallest absolute Gasteiger partial charge is 0.362 e. The van der Waals surface area contributed by atoms with Gasteiger partial charge in [-0.2, -0.15) is 5.26 Å². The van der Waals surface area contributed by atoms with Gasteiger partial charge in [0.15, 0.2) is 19.1 Å². The summed E-state index contributed by atoms with van der Waals surface area (Å²) >= 11 is 6.40. The lowest BCUT2D eigenvalue weighted by Gasteiger charge is -2.51. The molecule has 5 unspecified atom stereocenters. The van der Waals surface area contributed by atoms with Gasteiger partial charge in [-0.25, -0.2) is 15.0 Å². The summed E-state index contributed by atoms with van der Waals surface area (Å²) in [6.07, 6.45) is -1.12. The topological polar surface area (TPSA) is 155 Å². The first-order valence-electron chi connectivity index (χ1n) is 18.9. The number of ether oxygens (including phenoxy) is 3. The zero-order valence-corrected chi connectivity index (χ0v) is 33.8. The molecule has 2 aliphatic heterocycles. The highest BCUT2D eigenvalue weighted by atomic mass is 35.7. The van der Waals surface area contributed by atoms with Crippen LogP contribution in [0.4, 0.5) is 5.82 Å². The summed E-state index contributed by atoms with van der Waals surface area (Å²) in [5.74, 6) is 0.704. The first-order valence-corrected chi connectivity index (χ1v) is 21.4. The van der Waals surface area contributed by atoms with Gasteiger partial charge in [-0.1, -0.05) is 109 Å². The van der Waals surface area contributed by atoms with Crippen LogP contribution in [0.3, 0.4) is 0 Å². The molecule has 0 aliphatic carbocycles.